The second-order valence-corrected chi connectivity index (χ2v) is 3.83. The van der Waals surface area contributed by atoms with Crippen LogP contribution in [0.15, 0.2) is 10.8 Å². The number of rotatable bonds is 2. The van der Waals surface area contributed by atoms with Crippen LogP contribution in [-0.4, -0.2) is 11.1 Å². The highest BCUT2D eigenvalue weighted by Crippen LogP contribution is 2.56. The first-order valence-electron chi connectivity index (χ1n) is 4.34. The molecule has 0 saturated heterocycles. The van der Waals surface area contributed by atoms with E-state index in [1.807, 2.05) is 13.8 Å². The molecule has 0 aliphatic heterocycles. The van der Waals surface area contributed by atoms with E-state index in [1.165, 1.54) is 6.26 Å². The fourth-order valence-electron chi connectivity index (χ4n) is 1.46. The molecule has 1 unspecified atom stereocenters. The van der Waals surface area contributed by atoms with Gasteiger partial charge in [-0.15, -0.1) is 0 Å². The second-order valence-electron chi connectivity index (χ2n) is 3.83. The third-order valence-corrected chi connectivity index (χ3v) is 2.40. The van der Waals surface area contributed by atoms with Gasteiger partial charge in [0, 0.05) is 12.0 Å². The standard InChI is InChI=1S/C9H11F2NO/c1-5(2)6-4-13-12-8(6)7-3-9(7,10)11/h4-5,7H,3H2,1-2H3. The van der Waals surface area contributed by atoms with Gasteiger partial charge in [-0.2, -0.15) is 0 Å². The Balaban J connectivity index is 2.27. The van der Waals surface area contributed by atoms with Crippen molar-refractivity contribution in [2.75, 3.05) is 0 Å². The molecule has 2 nitrogen and oxygen atoms in total. The summed E-state index contributed by atoms with van der Waals surface area (Å²) in [6.45, 7) is 3.88. The molecule has 72 valence electrons. The Labute approximate surface area is 74.9 Å². The zero-order chi connectivity index (χ0) is 9.64. The lowest BCUT2D eigenvalue weighted by molar-refractivity contribution is 0.111. The largest absolute Gasteiger partial charge is 0.364 e. The van der Waals surface area contributed by atoms with Crippen LogP contribution in [0.5, 0.6) is 0 Å². The van der Waals surface area contributed by atoms with Gasteiger partial charge >= 0.3 is 0 Å². The molecular formula is C9H11F2NO. The van der Waals surface area contributed by atoms with Gasteiger partial charge in [0.25, 0.3) is 5.92 Å². The van der Waals surface area contributed by atoms with Crippen molar-refractivity contribution in [3.63, 3.8) is 0 Å². The summed E-state index contributed by atoms with van der Waals surface area (Å²) >= 11 is 0. The van der Waals surface area contributed by atoms with Crippen LogP contribution in [0.25, 0.3) is 0 Å². The Bertz CT molecular complexity index is 319. The first-order valence-corrected chi connectivity index (χ1v) is 4.34. The summed E-state index contributed by atoms with van der Waals surface area (Å²) < 4.78 is 30.2. The van der Waals surface area contributed by atoms with Crippen molar-refractivity contribution >= 4 is 0 Å². The number of hydrogen-bond donors (Lipinski definition) is 0. The minimum atomic E-state index is -2.56. The summed E-state index contributed by atoms with van der Waals surface area (Å²) in [6.07, 6.45) is 1.38. The molecule has 0 radical (unpaired) electrons. The molecule has 1 aromatic rings. The van der Waals surface area contributed by atoms with Gasteiger partial charge in [0.2, 0.25) is 0 Å². The summed E-state index contributed by atoms with van der Waals surface area (Å²) in [5.74, 6) is -3.07. The number of alkyl halides is 2. The number of aromatic nitrogens is 1. The lowest BCUT2D eigenvalue weighted by Gasteiger charge is -2.02. The summed E-state index contributed by atoms with van der Waals surface area (Å²) in [5.41, 5.74) is 1.25. The van der Waals surface area contributed by atoms with E-state index in [4.69, 9.17) is 4.52 Å². The van der Waals surface area contributed by atoms with Crippen molar-refractivity contribution < 1.29 is 13.3 Å². The maximum atomic E-state index is 12.7. The summed E-state index contributed by atoms with van der Waals surface area (Å²) in [5, 5.41) is 3.64. The molecular weight excluding hydrogens is 176 g/mol. The quantitative estimate of drug-likeness (QED) is 0.711. The van der Waals surface area contributed by atoms with Crippen molar-refractivity contribution in [2.24, 2.45) is 0 Å². The smallest absolute Gasteiger partial charge is 0.257 e. The van der Waals surface area contributed by atoms with Crippen LogP contribution >= 0.6 is 0 Å². The van der Waals surface area contributed by atoms with E-state index < -0.39 is 11.8 Å². The Hall–Kier alpha value is -0.930. The maximum Gasteiger partial charge on any atom is 0.257 e. The van der Waals surface area contributed by atoms with Gasteiger partial charge in [0.05, 0.1) is 11.6 Å². The van der Waals surface area contributed by atoms with Crippen molar-refractivity contribution in [3.05, 3.63) is 17.5 Å². The van der Waals surface area contributed by atoms with Crippen molar-refractivity contribution in [1.29, 1.82) is 0 Å². The molecule has 1 aromatic heterocycles. The lowest BCUT2D eigenvalue weighted by Crippen LogP contribution is -1.97. The average molecular weight is 187 g/mol. The molecule has 0 spiro atoms. The molecule has 0 N–H and O–H groups in total. The van der Waals surface area contributed by atoms with Crippen molar-refractivity contribution in [2.45, 2.75) is 38.0 Å². The second kappa shape index (κ2) is 2.53. The van der Waals surface area contributed by atoms with Crippen LogP contribution < -0.4 is 0 Å². The topological polar surface area (TPSA) is 26.0 Å². The molecule has 1 heterocycles. The maximum absolute atomic E-state index is 12.7. The monoisotopic (exact) mass is 187 g/mol. The van der Waals surface area contributed by atoms with Crippen molar-refractivity contribution in [3.8, 4) is 0 Å². The molecule has 13 heavy (non-hydrogen) atoms. The molecule has 4 heteroatoms. The molecule has 0 aromatic carbocycles. The van der Waals surface area contributed by atoms with E-state index in [1.54, 1.807) is 0 Å². The van der Waals surface area contributed by atoms with Gasteiger partial charge < -0.3 is 4.52 Å². The SMILES string of the molecule is CC(C)c1conc1C1CC1(F)F. The molecule has 2 rings (SSSR count). The molecule has 0 bridgehead atoms. The van der Waals surface area contributed by atoms with Gasteiger partial charge in [0.1, 0.15) is 6.26 Å². The van der Waals surface area contributed by atoms with E-state index in [9.17, 15) is 8.78 Å². The van der Waals surface area contributed by atoms with Crippen LogP contribution in [0.1, 0.15) is 43.4 Å². The predicted octanol–water partition coefficient (Wildman–Crippen LogP) is 2.92. The third kappa shape index (κ3) is 1.34. The van der Waals surface area contributed by atoms with Gasteiger partial charge in [-0.05, 0) is 5.92 Å². The van der Waals surface area contributed by atoms with Crippen molar-refractivity contribution in [1.82, 2.24) is 5.16 Å². The van der Waals surface area contributed by atoms with Crippen LogP contribution in [0.4, 0.5) is 8.78 Å². The Morgan fingerprint density at radius 1 is 1.62 bits per heavy atom. The van der Waals surface area contributed by atoms with E-state index in [0.717, 1.165) is 5.56 Å². The first-order chi connectivity index (χ1) is 6.02. The number of halogens is 2. The minimum absolute atomic E-state index is 0.0841. The third-order valence-electron chi connectivity index (χ3n) is 2.40. The van der Waals surface area contributed by atoms with Crippen LogP contribution in [0, 0.1) is 0 Å². The first kappa shape index (κ1) is 8.66. The Morgan fingerprint density at radius 2 is 2.23 bits per heavy atom. The highest BCUT2D eigenvalue weighted by molar-refractivity contribution is 5.30. The lowest BCUT2D eigenvalue weighted by atomic mass is 10.0. The van der Waals surface area contributed by atoms with E-state index >= 15 is 0 Å². The van der Waals surface area contributed by atoms with E-state index in [-0.39, 0.29) is 12.3 Å². The minimum Gasteiger partial charge on any atom is -0.364 e. The highest BCUT2D eigenvalue weighted by Gasteiger charge is 2.59. The van der Waals surface area contributed by atoms with Gasteiger partial charge in [0.15, 0.2) is 0 Å². The summed E-state index contributed by atoms with van der Waals surface area (Å²) in [6, 6.07) is 0. The highest BCUT2D eigenvalue weighted by atomic mass is 19.3. The van der Waals surface area contributed by atoms with Crippen LogP contribution in [0.3, 0.4) is 0 Å². The molecule has 1 atom stereocenters. The van der Waals surface area contributed by atoms with E-state index in [0.29, 0.717) is 5.69 Å². The molecule has 1 aliphatic carbocycles. The van der Waals surface area contributed by atoms with Crippen LogP contribution in [0.2, 0.25) is 0 Å². The average Bonchev–Trinajstić information content (AvgIpc) is 2.49. The van der Waals surface area contributed by atoms with Gasteiger partial charge in [-0.25, -0.2) is 8.78 Å². The zero-order valence-electron chi connectivity index (χ0n) is 7.55. The molecule has 1 saturated carbocycles. The number of hydrogen-bond acceptors (Lipinski definition) is 2. The number of nitrogens with zero attached hydrogens (tertiary/aromatic N) is 1. The zero-order valence-corrected chi connectivity index (χ0v) is 7.55. The fraction of sp³-hybridized carbons (Fsp3) is 0.667. The molecule has 1 aliphatic rings. The fourth-order valence-corrected chi connectivity index (χ4v) is 1.46. The summed E-state index contributed by atoms with van der Waals surface area (Å²) in [7, 11) is 0. The van der Waals surface area contributed by atoms with Gasteiger partial charge in [-0.3, -0.25) is 0 Å². The molecule has 1 fully saturated rings. The predicted molar refractivity (Wildman–Crippen MR) is 42.9 cm³/mol. The van der Waals surface area contributed by atoms with Gasteiger partial charge in [-0.1, -0.05) is 19.0 Å². The Morgan fingerprint density at radius 3 is 2.69 bits per heavy atom. The summed E-state index contributed by atoms with van der Waals surface area (Å²) in [4.78, 5) is 0. The van der Waals surface area contributed by atoms with E-state index in [2.05, 4.69) is 5.16 Å². The van der Waals surface area contributed by atoms with Crippen LogP contribution in [-0.2, 0) is 0 Å². The Kier molecular flexibility index (Phi) is 1.68. The normalized spacial score (nSPS) is 25.2. The molecule has 0 amide bonds.